The van der Waals surface area contributed by atoms with Crippen LogP contribution in [0.15, 0.2) is 77.7 Å². The summed E-state index contributed by atoms with van der Waals surface area (Å²) >= 11 is 12.1. The third kappa shape index (κ3) is 4.14. The Morgan fingerprint density at radius 1 is 0.893 bits per heavy atom. The summed E-state index contributed by atoms with van der Waals surface area (Å²) < 4.78 is 27.0. The van der Waals surface area contributed by atoms with E-state index in [-0.39, 0.29) is 20.5 Å². The van der Waals surface area contributed by atoms with E-state index < -0.39 is 15.9 Å². The van der Waals surface area contributed by atoms with Crippen molar-refractivity contribution in [3.8, 4) is 0 Å². The van der Waals surface area contributed by atoms with Crippen molar-refractivity contribution in [3.05, 3.63) is 88.4 Å². The van der Waals surface area contributed by atoms with Crippen LogP contribution in [0.4, 0.5) is 11.4 Å². The smallest absolute Gasteiger partial charge is 0.264 e. The van der Waals surface area contributed by atoms with Gasteiger partial charge in [0, 0.05) is 12.7 Å². The fourth-order valence-corrected chi connectivity index (χ4v) is 4.39. The molecule has 3 aromatic rings. The van der Waals surface area contributed by atoms with Gasteiger partial charge in [-0.2, -0.15) is 0 Å². The van der Waals surface area contributed by atoms with Gasteiger partial charge in [0.2, 0.25) is 0 Å². The minimum atomic E-state index is -3.80. The van der Waals surface area contributed by atoms with Crippen molar-refractivity contribution < 1.29 is 13.2 Å². The lowest BCUT2D eigenvalue weighted by atomic mass is 10.2. The molecule has 0 aromatic heterocycles. The van der Waals surface area contributed by atoms with E-state index in [0.717, 1.165) is 0 Å². The molecule has 0 radical (unpaired) electrons. The van der Waals surface area contributed by atoms with E-state index in [1.54, 1.807) is 60.7 Å². The van der Waals surface area contributed by atoms with Crippen molar-refractivity contribution in [1.29, 1.82) is 0 Å². The summed E-state index contributed by atoms with van der Waals surface area (Å²) in [5, 5.41) is 3.05. The highest BCUT2D eigenvalue weighted by molar-refractivity contribution is 7.92. The van der Waals surface area contributed by atoms with Crippen molar-refractivity contribution in [3.63, 3.8) is 0 Å². The Morgan fingerprint density at radius 3 is 2.14 bits per heavy atom. The number of carbonyl (C=O) groups excluding carboxylic acids is 1. The lowest BCUT2D eigenvalue weighted by Crippen LogP contribution is -2.26. The summed E-state index contributed by atoms with van der Waals surface area (Å²) in [4.78, 5) is 12.6. The predicted octanol–water partition coefficient (Wildman–Crippen LogP) is 5.07. The molecule has 0 saturated heterocycles. The number of nitrogens with zero attached hydrogens (tertiary/aromatic N) is 1. The van der Waals surface area contributed by atoms with Crippen LogP contribution in [0.1, 0.15) is 10.4 Å². The SMILES string of the molecule is CN(c1ccccc1)S(=O)(=O)c1cccc(NC(=O)c2c(Cl)cccc2Cl)c1. The molecule has 0 heterocycles. The number of hydrogen-bond donors (Lipinski definition) is 1. The Balaban J connectivity index is 1.89. The molecule has 1 N–H and O–H groups in total. The standard InChI is InChI=1S/C20H16Cl2N2O3S/c1-24(15-8-3-2-4-9-15)28(26,27)16-10-5-7-14(13-16)23-20(25)19-17(21)11-6-12-18(19)22/h2-13H,1H3,(H,23,25). The summed E-state index contributed by atoms with van der Waals surface area (Å²) in [6.07, 6.45) is 0. The largest absolute Gasteiger partial charge is 0.322 e. The first-order chi connectivity index (χ1) is 13.3. The minimum Gasteiger partial charge on any atom is -0.322 e. The number of halogens is 2. The van der Waals surface area contributed by atoms with Gasteiger partial charge in [-0.3, -0.25) is 9.10 Å². The first-order valence-electron chi connectivity index (χ1n) is 8.20. The fraction of sp³-hybridized carbons (Fsp3) is 0.0500. The average Bonchev–Trinajstić information content (AvgIpc) is 2.68. The van der Waals surface area contributed by atoms with Crippen molar-refractivity contribution in [2.75, 3.05) is 16.7 Å². The van der Waals surface area contributed by atoms with Crippen molar-refractivity contribution in [2.45, 2.75) is 4.90 Å². The summed E-state index contributed by atoms with van der Waals surface area (Å²) in [5.41, 5.74) is 0.962. The molecule has 0 aliphatic heterocycles. The van der Waals surface area contributed by atoms with Gasteiger partial charge in [-0.25, -0.2) is 8.42 Å². The molecule has 0 spiro atoms. The lowest BCUT2D eigenvalue weighted by Gasteiger charge is -2.20. The molecule has 28 heavy (non-hydrogen) atoms. The number of nitrogens with one attached hydrogen (secondary N) is 1. The topological polar surface area (TPSA) is 66.5 Å². The maximum absolute atomic E-state index is 12.9. The Labute approximate surface area is 173 Å². The molecule has 0 saturated carbocycles. The molecule has 144 valence electrons. The van der Waals surface area contributed by atoms with Gasteiger partial charge in [-0.05, 0) is 42.5 Å². The molecular formula is C20H16Cl2N2O3S. The summed E-state index contributed by atoms with van der Waals surface area (Å²) in [5.74, 6) is -0.526. The Hall–Kier alpha value is -2.54. The number of para-hydroxylation sites is 1. The molecule has 5 nitrogen and oxygen atoms in total. The molecule has 0 aliphatic carbocycles. The molecule has 0 unspecified atom stereocenters. The molecule has 3 rings (SSSR count). The molecular weight excluding hydrogens is 419 g/mol. The van der Waals surface area contributed by atoms with Crippen LogP contribution in [-0.4, -0.2) is 21.4 Å². The third-order valence-corrected chi connectivity index (χ3v) is 6.47. The second kappa shape index (κ2) is 8.22. The number of hydrogen-bond acceptors (Lipinski definition) is 3. The second-order valence-corrected chi connectivity index (χ2v) is 8.67. The fourth-order valence-electron chi connectivity index (χ4n) is 2.58. The van der Waals surface area contributed by atoms with Gasteiger partial charge in [0.15, 0.2) is 0 Å². The van der Waals surface area contributed by atoms with Crippen LogP contribution in [0.5, 0.6) is 0 Å². The number of rotatable bonds is 5. The summed E-state index contributed by atoms with van der Waals surface area (Å²) in [6.45, 7) is 0. The Morgan fingerprint density at radius 2 is 1.50 bits per heavy atom. The highest BCUT2D eigenvalue weighted by Crippen LogP contribution is 2.27. The first kappa shape index (κ1) is 20.2. The molecule has 0 bridgehead atoms. The van der Waals surface area contributed by atoms with Gasteiger partial charge >= 0.3 is 0 Å². The molecule has 0 atom stereocenters. The van der Waals surface area contributed by atoms with E-state index in [0.29, 0.717) is 11.4 Å². The van der Waals surface area contributed by atoms with E-state index in [4.69, 9.17) is 23.2 Å². The van der Waals surface area contributed by atoms with Crippen LogP contribution in [0.3, 0.4) is 0 Å². The van der Waals surface area contributed by atoms with E-state index in [9.17, 15) is 13.2 Å². The maximum atomic E-state index is 12.9. The maximum Gasteiger partial charge on any atom is 0.264 e. The number of sulfonamides is 1. The molecule has 0 fully saturated rings. The zero-order chi connectivity index (χ0) is 20.3. The zero-order valence-corrected chi connectivity index (χ0v) is 17.1. The second-order valence-electron chi connectivity index (χ2n) is 5.89. The van der Waals surface area contributed by atoms with Gasteiger partial charge in [0.25, 0.3) is 15.9 Å². The number of benzene rings is 3. The van der Waals surface area contributed by atoms with Gasteiger partial charge < -0.3 is 5.32 Å². The van der Waals surface area contributed by atoms with Crippen LogP contribution in [0, 0.1) is 0 Å². The normalized spacial score (nSPS) is 11.1. The molecule has 3 aromatic carbocycles. The highest BCUT2D eigenvalue weighted by atomic mass is 35.5. The average molecular weight is 435 g/mol. The summed E-state index contributed by atoms with van der Waals surface area (Å²) in [7, 11) is -2.33. The van der Waals surface area contributed by atoms with Gasteiger partial charge in [-0.15, -0.1) is 0 Å². The number of carbonyl (C=O) groups is 1. The minimum absolute atomic E-state index is 0.0434. The zero-order valence-electron chi connectivity index (χ0n) is 14.8. The van der Waals surface area contributed by atoms with Gasteiger partial charge in [-0.1, -0.05) is 53.5 Å². The van der Waals surface area contributed by atoms with E-state index in [1.807, 2.05) is 0 Å². The van der Waals surface area contributed by atoms with Gasteiger partial charge in [0.1, 0.15) is 0 Å². The third-order valence-electron chi connectivity index (χ3n) is 4.06. The number of amides is 1. The van der Waals surface area contributed by atoms with Gasteiger partial charge in [0.05, 0.1) is 26.2 Å². The van der Waals surface area contributed by atoms with Crippen molar-refractivity contribution in [1.82, 2.24) is 0 Å². The van der Waals surface area contributed by atoms with Crippen LogP contribution in [-0.2, 0) is 10.0 Å². The van der Waals surface area contributed by atoms with Crippen LogP contribution in [0.25, 0.3) is 0 Å². The van der Waals surface area contributed by atoms with Crippen LogP contribution < -0.4 is 9.62 Å². The quantitative estimate of drug-likeness (QED) is 0.609. The van der Waals surface area contributed by atoms with Crippen molar-refractivity contribution in [2.24, 2.45) is 0 Å². The highest BCUT2D eigenvalue weighted by Gasteiger charge is 2.22. The molecule has 8 heteroatoms. The predicted molar refractivity (Wildman–Crippen MR) is 113 cm³/mol. The lowest BCUT2D eigenvalue weighted by molar-refractivity contribution is 0.102. The molecule has 1 amide bonds. The number of anilines is 2. The van der Waals surface area contributed by atoms with Crippen molar-refractivity contribution >= 4 is 50.5 Å². The van der Waals surface area contributed by atoms with E-state index in [1.165, 1.54) is 23.5 Å². The van der Waals surface area contributed by atoms with E-state index in [2.05, 4.69) is 5.32 Å². The first-order valence-corrected chi connectivity index (χ1v) is 10.4. The Kier molecular flexibility index (Phi) is 5.93. The monoisotopic (exact) mass is 434 g/mol. The van der Waals surface area contributed by atoms with E-state index >= 15 is 0 Å². The summed E-state index contributed by atoms with van der Waals surface area (Å²) in [6, 6.07) is 19.4. The van der Waals surface area contributed by atoms with Crippen LogP contribution in [0.2, 0.25) is 10.0 Å². The Bertz CT molecular complexity index is 1100. The van der Waals surface area contributed by atoms with Crippen LogP contribution >= 0.6 is 23.2 Å². The molecule has 0 aliphatic rings.